The average molecular weight is 361 g/mol. The number of hydrogen-bond acceptors (Lipinski definition) is 6. The Hall–Kier alpha value is -1.93. The van der Waals surface area contributed by atoms with Crippen molar-refractivity contribution >= 4 is 34.8 Å². The van der Waals surface area contributed by atoms with Gasteiger partial charge in [0, 0.05) is 23.3 Å². The predicted octanol–water partition coefficient (Wildman–Crippen LogP) is 2.86. The van der Waals surface area contributed by atoms with Gasteiger partial charge in [-0.15, -0.1) is 16.4 Å². The summed E-state index contributed by atoms with van der Waals surface area (Å²) in [6.45, 7) is 6.60. The minimum Gasteiger partial charge on any atom is -0.340 e. The van der Waals surface area contributed by atoms with Gasteiger partial charge in [-0.1, -0.05) is 11.8 Å². The van der Waals surface area contributed by atoms with Crippen molar-refractivity contribution in [3.8, 4) is 0 Å². The van der Waals surface area contributed by atoms with Crippen LogP contribution in [0.2, 0.25) is 0 Å². The molecule has 0 aliphatic carbocycles. The van der Waals surface area contributed by atoms with E-state index in [1.54, 1.807) is 20.8 Å². The summed E-state index contributed by atoms with van der Waals surface area (Å²) in [6.07, 6.45) is 0. The number of aromatic nitrogens is 4. The molecule has 0 atom stereocenters. The number of rotatable bonds is 5. The van der Waals surface area contributed by atoms with Crippen LogP contribution < -0.4 is 0 Å². The molecular formula is C16H19N5OS2. The average Bonchev–Trinajstić information content (AvgIpc) is 3.11. The van der Waals surface area contributed by atoms with E-state index in [-0.39, 0.29) is 5.91 Å². The van der Waals surface area contributed by atoms with Gasteiger partial charge in [-0.2, -0.15) is 4.98 Å². The minimum absolute atomic E-state index is 0.0625. The first-order valence-electron chi connectivity index (χ1n) is 7.55. The van der Waals surface area contributed by atoms with E-state index in [0.717, 1.165) is 11.4 Å². The first-order chi connectivity index (χ1) is 11.4. The summed E-state index contributed by atoms with van der Waals surface area (Å²) in [5.41, 5.74) is 3.12. The molecule has 0 aliphatic rings. The van der Waals surface area contributed by atoms with Crippen LogP contribution in [0.15, 0.2) is 22.7 Å². The number of carbonyl (C=O) groups is 1. The van der Waals surface area contributed by atoms with E-state index in [1.807, 2.05) is 27.0 Å². The van der Waals surface area contributed by atoms with Gasteiger partial charge in [-0.25, -0.2) is 9.50 Å². The summed E-state index contributed by atoms with van der Waals surface area (Å²) in [4.78, 5) is 24.0. The van der Waals surface area contributed by atoms with Crippen molar-refractivity contribution < 1.29 is 4.79 Å². The molecule has 0 bridgehead atoms. The van der Waals surface area contributed by atoms with Crippen LogP contribution in [-0.4, -0.2) is 43.2 Å². The summed E-state index contributed by atoms with van der Waals surface area (Å²) >= 11 is 3.02. The van der Waals surface area contributed by atoms with Gasteiger partial charge >= 0.3 is 0 Å². The van der Waals surface area contributed by atoms with Gasteiger partial charge in [0.2, 0.25) is 11.1 Å². The highest BCUT2D eigenvalue weighted by Gasteiger charge is 2.14. The van der Waals surface area contributed by atoms with E-state index in [4.69, 9.17) is 0 Å². The normalized spacial score (nSPS) is 11.2. The van der Waals surface area contributed by atoms with Crippen LogP contribution in [0.5, 0.6) is 0 Å². The first kappa shape index (κ1) is 16.9. The Morgan fingerprint density at radius 2 is 2.12 bits per heavy atom. The lowest BCUT2D eigenvalue weighted by atomic mass is 10.3. The molecule has 126 valence electrons. The summed E-state index contributed by atoms with van der Waals surface area (Å²) in [7, 11) is 1.83. The maximum atomic E-state index is 12.3. The van der Waals surface area contributed by atoms with Crippen LogP contribution in [0.4, 0.5) is 0 Å². The molecule has 6 nitrogen and oxygen atoms in total. The molecule has 3 aromatic heterocycles. The van der Waals surface area contributed by atoms with Gasteiger partial charge in [0.05, 0.1) is 12.3 Å². The Kier molecular flexibility index (Phi) is 4.86. The number of thiophene rings is 1. The van der Waals surface area contributed by atoms with Gasteiger partial charge in [0.15, 0.2) is 0 Å². The van der Waals surface area contributed by atoms with E-state index in [0.29, 0.717) is 23.2 Å². The van der Waals surface area contributed by atoms with Crippen molar-refractivity contribution in [3.05, 3.63) is 39.3 Å². The second kappa shape index (κ2) is 6.90. The Morgan fingerprint density at radius 3 is 2.83 bits per heavy atom. The lowest BCUT2D eigenvalue weighted by molar-refractivity contribution is -0.127. The zero-order valence-corrected chi connectivity index (χ0v) is 15.7. The van der Waals surface area contributed by atoms with Crippen LogP contribution in [0, 0.1) is 20.8 Å². The van der Waals surface area contributed by atoms with Crippen LogP contribution in [-0.2, 0) is 11.3 Å². The van der Waals surface area contributed by atoms with Crippen LogP contribution in [0.1, 0.15) is 21.8 Å². The zero-order valence-electron chi connectivity index (χ0n) is 14.1. The Morgan fingerprint density at radius 1 is 1.33 bits per heavy atom. The largest absolute Gasteiger partial charge is 0.340 e. The monoisotopic (exact) mass is 361 g/mol. The molecule has 8 heteroatoms. The summed E-state index contributed by atoms with van der Waals surface area (Å²) < 4.78 is 1.71. The van der Waals surface area contributed by atoms with Crippen LogP contribution >= 0.6 is 23.1 Å². The molecule has 0 N–H and O–H groups in total. The van der Waals surface area contributed by atoms with Gasteiger partial charge < -0.3 is 4.90 Å². The van der Waals surface area contributed by atoms with Gasteiger partial charge in [-0.05, 0) is 43.8 Å². The fourth-order valence-electron chi connectivity index (χ4n) is 2.32. The third kappa shape index (κ3) is 3.59. The van der Waals surface area contributed by atoms with E-state index < -0.39 is 0 Å². The molecule has 3 rings (SSSR count). The van der Waals surface area contributed by atoms with Gasteiger partial charge in [0.1, 0.15) is 0 Å². The molecule has 0 unspecified atom stereocenters. The lowest BCUT2D eigenvalue weighted by Gasteiger charge is -2.16. The highest BCUT2D eigenvalue weighted by atomic mass is 32.2. The molecule has 0 radical (unpaired) electrons. The van der Waals surface area contributed by atoms with Crippen LogP contribution in [0.3, 0.4) is 0 Å². The van der Waals surface area contributed by atoms with E-state index in [1.165, 1.54) is 22.2 Å². The number of fused-ring (bicyclic) bond motifs is 1. The maximum absolute atomic E-state index is 12.3. The third-order valence-corrected chi connectivity index (χ3v) is 5.53. The van der Waals surface area contributed by atoms with Crippen molar-refractivity contribution in [2.75, 3.05) is 12.8 Å². The van der Waals surface area contributed by atoms with Crippen LogP contribution in [0.25, 0.3) is 5.78 Å². The van der Waals surface area contributed by atoms with Gasteiger partial charge in [0.25, 0.3) is 5.78 Å². The quantitative estimate of drug-likeness (QED) is 0.654. The molecule has 0 aromatic carbocycles. The number of amides is 1. The van der Waals surface area contributed by atoms with Crippen molar-refractivity contribution in [1.82, 2.24) is 24.5 Å². The topological polar surface area (TPSA) is 63.4 Å². The van der Waals surface area contributed by atoms with E-state index >= 15 is 0 Å². The Bertz CT molecular complexity index is 886. The summed E-state index contributed by atoms with van der Waals surface area (Å²) in [6, 6.07) is 4.03. The SMILES string of the molecule is Cc1cc(C)n2nc(SCC(=O)N(C)Cc3sccc3C)nc2n1. The van der Waals surface area contributed by atoms with Gasteiger partial charge in [-0.3, -0.25) is 4.79 Å². The number of carbonyl (C=O) groups excluding carboxylic acids is 1. The third-order valence-electron chi connectivity index (χ3n) is 3.70. The molecular weight excluding hydrogens is 342 g/mol. The Balaban J connectivity index is 1.63. The Labute approximate surface area is 148 Å². The molecule has 24 heavy (non-hydrogen) atoms. The first-order valence-corrected chi connectivity index (χ1v) is 9.41. The van der Waals surface area contributed by atoms with Crippen molar-refractivity contribution in [1.29, 1.82) is 0 Å². The number of hydrogen-bond donors (Lipinski definition) is 0. The molecule has 3 heterocycles. The van der Waals surface area contributed by atoms with E-state index in [9.17, 15) is 4.79 Å². The second-order valence-electron chi connectivity index (χ2n) is 5.71. The fraction of sp³-hybridized carbons (Fsp3) is 0.375. The molecule has 0 aliphatic heterocycles. The maximum Gasteiger partial charge on any atom is 0.253 e. The molecule has 0 fully saturated rings. The number of thioether (sulfide) groups is 1. The minimum atomic E-state index is 0.0625. The summed E-state index contributed by atoms with van der Waals surface area (Å²) in [5.74, 6) is 0.952. The fourth-order valence-corrected chi connectivity index (χ4v) is 4.03. The second-order valence-corrected chi connectivity index (χ2v) is 7.65. The molecule has 0 saturated carbocycles. The van der Waals surface area contributed by atoms with E-state index in [2.05, 4.69) is 33.4 Å². The lowest BCUT2D eigenvalue weighted by Crippen LogP contribution is -2.27. The molecule has 1 amide bonds. The highest BCUT2D eigenvalue weighted by Crippen LogP contribution is 2.19. The number of nitrogens with zero attached hydrogens (tertiary/aromatic N) is 5. The van der Waals surface area contributed by atoms with Crippen molar-refractivity contribution in [3.63, 3.8) is 0 Å². The standard InChI is InChI=1S/C16H19N5OS2/c1-10-5-6-23-13(10)8-20(4)14(22)9-24-16-18-15-17-11(2)7-12(3)21(15)19-16/h5-7H,8-9H2,1-4H3. The number of aryl methyl sites for hydroxylation is 3. The molecule has 0 spiro atoms. The van der Waals surface area contributed by atoms with Crippen molar-refractivity contribution in [2.45, 2.75) is 32.5 Å². The zero-order chi connectivity index (χ0) is 17.3. The predicted molar refractivity (Wildman–Crippen MR) is 96.5 cm³/mol. The molecule has 3 aromatic rings. The summed E-state index contributed by atoms with van der Waals surface area (Å²) in [5, 5.41) is 7.04. The highest BCUT2D eigenvalue weighted by molar-refractivity contribution is 7.99. The molecule has 0 saturated heterocycles. The smallest absolute Gasteiger partial charge is 0.253 e. The van der Waals surface area contributed by atoms with Crippen molar-refractivity contribution in [2.24, 2.45) is 0 Å².